The maximum absolute atomic E-state index is 10.5. The molecular formula is C8H10N2O3. The second-order valence-corrected chi connectivity index (χ2v) is 2.55. The summed E-state index contributed by atoms with van der Waals surface area (Å²) in [4.78, 5) is 10.5. The van der Waals surface area contributed by atoms with Crippen LogP contribution in [0.25, 0.3) is 0 Å². The summed E-state index contributed by atoms with van der Waals surface area (Å²) in [6.07, 6.45) is -1.14. The first-order chi connectivity index (χ1) is 6.13. The summed E-state index contributed by atoms with van der Waals surface area (Å²) in [7, 11) is 0. The molecule has 0 amide bonds. The van der Waals surface area contributed by atoms with Crippen LogP contribution >= 0.6 is 0 Å². The van der Waals surface area contributed by atoms with Crippen molar-refractivity contribution in [1.29, 1.82) is 0 Å². The molecule has 13 heavy (non-hydrogen) atoms. The van der Waals surface area contributed by atoms with E-state index in [1.54, 1.807) is 30.3 Å². The Labute approximate surface area is 75.3 Å². The van der Waals surface area contributed by atoms with Gasteiger partial charge in [-0.2, -0.15) is 0 Å². The molecule has 1 N–H and O–H groups in total. The standard InChI is InChI=1S/C8H10N2O3/c1-7(11)9(10(12)13)8-5-3-2-4-6-8/h2-7,11H,1H3. The number of aliphatic hydroxyl groups is 1. The molecule has 0 fully saturated rings. The smallest absolute Gasteiger partial charge is 0.187 e. The Bertz CT molecular complexity index is 287. The molecule has 0 saturated heterocycles. The predicted octanol–water partition coefficient (Wildman–Crippen LogP) is 1.02. The zero-order valence-corrected chi connectivity index (χ0v) is 7.12. The van der Waals surface area contributed by atoms with Crippen LogP contribution < -0.4 is 5.01 Å². The highest BCUT2D eigenvalue weighted by atomic mass is 16.7. The molecule has 5 heteroatoms. The van der Waals surface area contributed by atoms with E-state index in [9.17, 15) is 10.1 Å². The van der Waals surface area contributed by atoms with Crippen LogP contribution in [0, 0.1) is 10.1 Å². The average Bonchev–Trinajstić information content (AvgIpc) is 2.04. The molecule has 1 aromatic rings. The summed E-state index contributed by atoms with van der Waals surface area (Å²) in [5.74, 6) is 0. The van der Waals surface area contributed by atoms with Crippen LogP contribution in [-0.4, -0.2) is 16.4 Å². The van der Waals surface area contributed by atoms with Crippen LogP contribution in [0.1, 0.15) is 6.92 Å². The lowest BCUT2D eigenvalue weighted by atomic mass is 10.3. The van der Waals surface area contributed by atoms with Gasteiger partial charge >= 0.3 is 0 Å². The zero-order valence-electron chi connectivity index (χ0n) is 7.12. The molecule has 0 aliphatic rings. The number of anilines is 1. The van der Waals surface area contributed by atoms with Crippen molar-refractivity contribution in [1.82, 2.24) is 0 Å². The molecule has 0 heterocycles. The third-order valence-corrected chi connectivity index (χ3v) is 1.55. The fourth-order valence-electron chi connectivity index (χ4n) is 1.03. The summed E-state index contributed by atoms with van der Waals surface area (Å²) in [6.45, 7) is 1.34. The number of hydrogen-bond acceptors (Lipinski definition) is 3. The Morgan fingerprint density at radius 1 is 1.46 bits per heavy atom. The predicted molar refractivity (Wildman–Crippen MR) is 47.6 cm³/mol. The van der Waals surface area contributed by atoms with Gasteiger partial charge in [0.05, 0.1) is 0 Å². The molecule has 0 spiro atoms. The maximum Gasteiger partial charge on any atom is 0.187 e. The van der Waals surface area contributed by atoms with Crippen LogP contribution in [0.4, 0.5) is 5.69 Å². The van der Waals surface area contributed by atoms with E-state index in [4.69, 9.17) is 5.11 Å². The van der Waals surface area contributed by atoms with Crippen LogP contribution in [0.15, 0.2) is 30.3 Å². The lowest BCUT2D eigenvalue weighted by Crippen LogP contribution is -2.37. The number of aliphatic hydroxyl groups excluding tert-OH is 1. The molecule has 0 saturated carbocycles. The average molecular weight is 182 g/mol. The Morgan fingerprint density at radius 3 is 2.38 bits per heavy atom. The van der Waals surface area contributed by atoms with Gasteiger partial charge in [-0.1, -0.05) is 23.2 Å². The van der Waals surface area contributed by atoms with Gasteiger partial charge in [0.2, 0.25) is 0 Å². The van der Waals surface area contributed by atoms with Crippen molar-refractivity contribution in [3.63, 3.8) is 0 Å². The summed E-state index contributed by atoms with van der Waals surface area (Å²) in [5, 5.41) is 19.7. The normalized spacial score (nSPS) is 12.2. The van der Waals surface area contributed by atoms with E-state index >= 15 is 0 Å². The second kappa shape index (κ2) is 3.86. The van der Waals surface area contributed by atoms with Crippen molar-refractivity contribution in [2.24, 2.45) is 0 Å². The molecule has 1 atom stereocenters. The van der Waals surface area contributed by atoms with E-state index in [2.05, 4.69) is 0 Å². The van der Waals surface area contributed by atoms with Gasteiger partial charge < -0.3 is 5.11 Å². The van der Waals surface area contributed by atoms with E-state index in [0.717, 1.165) is 0 Å². The van der Waals surface area contributed by atoms with Crippen molar-refractivity contribution in [3.05, 3.63) is 40.4 Å². The van der Waals surface area contributed by atoms with Crippen molar-refractivity contribution >= 4 is 5.69 Å². The van der Waals surface area contributed by atoms with Gasteiger partial charge in [0.1, 0.15) is 5.69 Å². The largest absolute Gasteiger partial charge is 0.368 e. The molecule has 0 aliphatic heterocycles. The molecule has 0 radical (unpaired) electrons. The monoisotopic (exact) mass is 182 g/mol. The molecule has 70 valence electrons. The maximum atomic E-state index is 10.5. The van der Waals surface area contributed by atoms with Gasteiger partial charge in [0, 0.05) is 0 Å². The number of rotatable bonds is 3. The van der Waals surface area contributed by atoms with E-state index in [0.29, 0.717) is 10.7 Å². The number of nitro groups is 1. The Kier molecular flexibility index (Phi) is 2.81. The number of benzene rings is 1. The van der Waals surface area contributed by atoms with Crippen LogP contribution in [-0.2, 0) is 0 Å². The first-order valence-electron chi connectivity index (χ1n) is 3.79. The second-order valence-electron chi connectivity index (χ2n) is 2.55. The number of hydrogen-bond donors (Lipinski definition) is 1. The highest BCUT2D eigenvalue weighted by molar-refractivity contribution is 5.43. The molecule has 0 bridgehead atoms. The fourth-order valence-corrected chi connectivity index (χ4v) is 1.03. The van der Waals surface area contributed by atoms with Gasteiger partial charge in [-0.3, -0.25) is 0 Å². The first-order valence-corrected chi connectivity index (χ1v) is 3.79. The summed E-state index contributed by atoms with van der Waals surface area (Å²) >= 11 is 0. The van der Waals surface area contributed by atoms with Crippen molar-refractivity contribution in [2.75, 3.05) is 5.01 Å². The zero-order chi connectivity index (χ0) is 9.84. The van der Waals surface area contributed by atoms with Crippen molar-refractivity contribution in [2.45, 2.75) is 13.2 Å². The third-order valence-electron chi connectivity index (χ3n) is 1.55. The minimum Gasteiger partial charge on any atom is -0.368 e. The number of para-hydroxylation sites is 1. The quantitative estimate of drug-likeness (QED) is 0.430. The van der Waals surface area contributed by atoms with Gasteiger partial charge in [-0.15, -0.1) is 0 Å². The van der Waals surface area contributed by atoms with Gasteiger partial charge in [-0.25, -0.2) is 10.1 Å². The van der Waals surface area contributed by atoms with Crippen LogP contribution in [0.2, 0.25) is 0 Å². The topological polar surface area (TPSA) is 66.6 Å². The van der Waals surface area contributed by atoms with E-state index in [1.165, 1.54) is 6.92 Å². The molecule has 5 nitrogen and oxygen atoms in total. The number of nitrogens with zero attached hydrogens (tertiary/aromatic N) is 2. The van der Waals surface area contributed by atoms with Gasteiger partial charge in [0.25, 0.3) is 0 Å². The summed E-state index contributed by atoms with van der Waals surface area (Å²) < 4.78 is 0. The minimum absolute atomic E-state index is 0.363. The van der Waals surface area contributed by atoms with Crippen LogP contribution in [0.3, 0.4) is 0 Å². The molecule has 0 aromatic heterocycles. The van der Waals surface area contributed by atoms with Crippen molar-refractivity contribution < 1.29 is 10.1 Å². The van der Waals surface area contributed by atoms with Crippen molar-refractivity contribution in [3.8, 4) is 0 Å². The summed E-state index contributed by atoms with van der Waals surface area (Å²) in [5.41, 5.74) is 0.363. The number of hydrazine groups is 1. The summed E-state index contributed by atoms with van der Waals surface area (Å²) in [6, 6.07) is 8.23. The van der Waals surface area contributed by atoms with E-state index in [1.807, 2.05) is 0 Å². The van der Waals surface area contributed by atoms with E-state index < -0.39 is 11.3 Å². The Morgan fingerprint density at radius 2 is 2.00 bits per heavy atom. The molecule has 1 rings (SSSR count). The first kappa shape index (κ1) is 9.47. The SMILES string of the molecule is CC(O)N(c1ccccc1)[N+](=O)[O-]. The highest BCUT2D eigenvalue weighted by Crippen LogP contribution is 2.14. The highest BCUT2D eigenvalue weighted by Gasteiger charge is 2.21. The molecular weight excluding hydrogens is 172 g/mol. The fraction of sp³-hybridized carbons (Fsp3) is 0.250. The lowest BCUT2D eigenvalue weighted by Gasteiger charge is -2.16. The van der Waals surface area contributed by atoms with Gasteiger partial charge in [0.15, 0.2) is 11.3 Å². The minimum atomic E-state index is -1.14. The molecule has 1 unspecified atom stereocenters. The Hall–Kier alpha value is -1.62. The van der Waals surface area contributed by atoms with Crippen LogP contribution in [0.5, 0.6) is 0 Å². The molecule has 0 aliphatic carbocycles. The lowest BCUT2D eigenvalue weighted by molar-refractivity contribution is -0.507. The Balaban J connectivity index is 2.96. The third kappa shape index (κ3) is 2.16. The van der Waals surface area contributed by atoms with E-state index in [-0.39, 0.29) is 0 Å². The van der Waals surface area contributed by atoms with Gasteiger partial charge in [-0.05, 0) is 19.1 Å². The molecule has 1 aromatic carbocycles.